The number of carbonyl (C=O) groups excluding carboxylic acids is 1. The first-order valence-electron chi connectivity index (χ1n) is 5.76. The standard InChI is InChI=1S/C13H10BrF2NO2S/c1-2-19-10(18)5-7-6-20-13(17-7)8-3-4-9(15)12(16)11(8)14/h3-4,6H,2,5H2,1H3. The van der Waals surface area contributed by atoms with E-state index >= 15 is 0 Å². The van der Waals surface area contributed by atoms with E-state index < -0.39 is 11.6 Å². The fraction of sp³-hybridized carbons (Fsp3) is 0.231. The van der Waals surface area contributed by atoms with Crippen molar-refractivity contribution in [2.24, 2.45) is 0 Å². The van der Waals surface area contributed by atoms with Gasteiger partial charge in [-0.05, 0) is 35.0 Å². The second kappa shape index (κ2) is 6.41. The molecule has 0 saturated heterocycles. The van der Waals surface area contributed by atoms with Crippen LogP contribution in [-0.4, -0.2) is 17.6 Å². The van der Waals surface area contributed by atoms with E-state index in [-0.39, 0.29) is 16.9 Å². The number of esters is 1. The van der Waals surface area contributed by atoms with Crippen LogP contribution in [-0.2, 0) is 16.0 Å². The van der Waals surface area contributed by atoms with Crippen LogP contribution in [0.2, 0.25) is 0 Å². The molecule has 1 aromatic heterocycles. The van der Waals surface area contributed by atoms with Crippen molar-refractivity contribution in [3.63, 3.8) is 0 Å². The Morgan fingerprint density at radius 3 is 2.90 bits per heavy atom. The summed E-state index contributed by atoms with van der Waals surface area (Å²) in [5.41, 5.74) is 0.990. The highest BCUT2D eigenvalue weighted by molar-refractivity contribution is 9.10. The second-order valence-corrected chi connectivity index (χ2v) is 5.50. The van der Waals surface area contributed by atoms with Gasteiger partial charge in [-0.15, -0.1) is 11.3 Å². The predicted octanol–water partition coefficient (Wildman–Crippen LogP) is 3.96. The van der Waals surface area contributed by atoms with Crippen molar-refractivity contribution in [2.45, 2.75) is 13.3 Å². The lowest BCUT2D eigenvalue weighted by Crippen LogP contribution is -2.07. The molecule has 7 heteroatoms. The van der Waals surface area contributed by atoms with E-state index in [2.05, 4.69) is 20.9 Å². The van der Waals surface area contributed by atoms with Gasteiger partial charge in [0.05, 0.1) is 23.2 Å². The minimum atomic E-state index is -0.954. The van der Waals surface area contributed by atoms with E-state index in [9.17, 15) is 13.6 Å². The van der Waals surface area contributed by atoms with Crippen LogP contribution in [0, 0.1) is 11.6 Å². The lowest BCUT2D eigenvalue weighted by Gasteiger charge is -2.02. The first-order valence-corrected chi connectivity index (χ1v) is 7.44. The Kier molecular flexibility index (Phi) is 4.82. The number of hydrogen-bond acceptors (Lipinski definition) is 4. The maximum atomic E-state index is 13.5. The third-order valence-corrected chi connectivity index (χ3v) is 4.15. The molecular weight excluding hydrogens is 352 g/mol. The molecule has 0 bridgehead atoms. The number of benzene rings is 1. The Labute approximate surface area is 126 Å². The van der Waals surface area contributed by atoms with E-state index in [4.69, 9.17) is 4.74 Å². The number of rotatable bonds is 4. The topological polar surface area (TPSA) is 39.2 Å². The summed E-state index contributed by atoms with van der Waals surface area (Å²) in [5, 5.41) is 2.20. The Bertz CT molecular complexity index is 645. The quantitative estimate of drug-likeness (QED) is 0.611. The molecule has 0 aliphatic carbocycles. The van der Waals surface area contributed by atoms with Gasteiger partial charge in [-0.25, -0.2) is 13.8 Å². The van der Waals surface area contributed by atoms with E-state index in [1.165, 1.54) is 17.4 Å². The summed E-state index contributed by atoms with van der Waals surface area (Å²) < 4.78 is 31.4. The highest BCUT2D eigenvalue weighted by Crippen LogP contribution is 2.33. The number of ether oxygens (including phenoxy) is 1. The zero-order valence-electron chi connectivity index (χ0n) is 10.5. The van der Waals surface area contributed by atoms with Crippen LogP contribution in [0.5, 0.6) is 0 Å². The van der Waals surface area contributed by atoms with Gasteiger partial charge in [0.25, 0.3) is 0 Å². The maximum absolute atomic E-state index is 13.5. The molecule has 3 nitrogen and oxygen atoms in total. The molecule has 0 saturated carbocycles. The molecular formula is C13H10BrF2NO2S. The molecule has 2 aromatic rings. The van der Waals surface area contributed by atoms with Crippen molar-refractivity contribution in [1.29, 1.82) is 0 Å². The van der Waals surface area contributed by atoms with E-state index in [0.717, 1.165) is 6.07 Å². The Balaban J connectivity index is 2.25. The fourth-order valence-electron chi connectivity index (χ4n) is 1.56. The van der Waals surface area contributed by atoms with Crippen molar-refractivity contribution in [1.82, 2.24) is 4.98 Å². The Morgan fingerprint density at radius 1 is 1.45 bits per heavy atom. The molecule has 0 spiro atoms. The van der Waals surface area contributed by atoms with Gasteiger partial charge in [0.2, 0.25) is 0 Å². The van der Waals surface area contributed by atoms with E-state index in [1.807, 2.05) is 0 Å². The highest BCUT2D eigenvalue weighted by atomic mass is 79.9. The van der Waals surface area contributed by atoms with Crippen molar-refractivity contribution in [3.8, 4) is 10.6 Å². The number of hydrogen-bond donors (Lipinski definition) is 0. The summed E-state index contributed by atoms with van der Waals surface area (Å²) in [5.74, 6) is -2.25. The number of aromatic nitrogens is 1. The van der Waals surface area contributed by atoms with Gasteiger partial charge in [-0.1, -0.05) is 0 Å². The summed E-state index contributed by atoms with van der Waals surface area (Å²) in [6.45, 7) is 2.04. The SMILES string of the molecule is CCOC(=O)Cc1csc(-c2ccc(F)c(F)c2Br)n1. The number of halogens is 3. The van der Waals surface area contributed by atoms with Gasteiger partial charge in [-0.2, -0.15) is 0 Å². The van der Waals surface area contributed by atoms with Crippen LogP contribution in [0.3, 0.4) is 0 Å². The van der Waals surface area contributed by atoms with Crippen LogP contribution in [0.15, 0.2) is 22.0 Å². The van der Waals surface area contributed by atoms with E-state index in [0.29, 0.717) is 22.9 Å². The second-order valence-electron chi connectivity index (χ2n) is 3.85. The van der Waals surface area contributed by atoms with Gasteiger partial charge < -0.3 is 4.74 Å². The molecule has 0 amide bonds. The lowest BCUT2D eigenvalue weighted by atomic mass is 10.2. The zero-order valence-corrected chi connectivity index (χ0v) is 12.9. The lowest BCUT2D eigenvalue weighted by molar-refractivity contribution is -0.142. The van der Waals surface area contributed by atoms with Crippen LogP contribution in [0.4, 0.5) is 8.78 Å². The van der Waals surface area contributed by atoms with Crippen LogP contribution in [0.25, 0.3) is 10.6 Å². The minimum absolute atomic E-state index is 0.0227. The van der Waals surface area contributed by atoms with Crippen molar-refractivity contribution in [3.05, 3.63) is 39.3 Å². The average Bonchev–Trinajstić information content (AvgIpc) is 2.84. The van der Waals surface area contributed by atoms with Gasteiger partial charge in [0, 0.05) is 10.9 Å². The molecule has 0 fully saturated rings. The third kappa shape index (κ3) is 3.21. The minimum Gasteiger partial charge on any atom is -0.466 e. The predicted molar refractivity (Wildman–Crippen MR) is 75.5 cm³/mol. The molecule has 106 valence electrons. The average molecular weight is 362 g/mol. The monoisotopic (exact) mass is 361 g/mol. The molecule has 2 rings (SSSR count). The Hall–Kier alpha value is -1.34. The van der Waals surface area contributed by atoms with Gasteiger partial charge in [-0.3, -0.25) is 4.79 Å². The molecule has 0 aliphatic heterocycles. The summed E-state index contributed by atoms with van der Waals surface area (Å²) in [4.78, 5) is 15.6. The van der Waals surface area contributed by atoms with Crippen LogP contribution < -0.4 is 0 Å². The first kappa shape index (κ1) is 15.1. The van der Waals surface area contributed by atoms with Gasteiger partial charge in [0.1, 0.15) is 5.01 Å². The number of carbonyl (C=O) groups is 1. The van der Waals surface area contributed by atoms with Gasteiger partial charge in [0.15, 0.2) is 11.6 Å². The van der Waals surface area contributed by atoms with Crippen molar-refractivity contribution < 1.29 is 18.3 Å². The van der Waals surface area contributed by atoms with Gasteiger partial charge >= 0.3 is 5.97 Å². The molecule has 0 aliphatic rings. The van der Waals surface area contributed by atoms with Crippen LogP contribution >= 0.6 is 27.3 Å². The van der Waals surface area contributed by atoms with Crippen LogP contribution in [0.1, 0.15) is 12.6 Å². The van der Waals surface area contributed by atoms with Crippen molar-refractivity contribution >= 4 is 33.2 Å². The summed E-state index contributed by atoms with van der Waals surface area (Å²) in [7, 11) is 0. The smallest absolute Gasteiger partial charge is 0.311 e. The highest BCUT2D eigenvalue weighted by Gasteiger charge is 2.16. The number of nitrogens with zero attached hydrogens (tertiary/aromatic N) is 1. The number of thiazole rings is 1. The molecule has 0 N–H and O–H groups in total. The zero-order chi connectivity index (χ0) is 14.7. The van der Waals surface area contributed by atoms with Crippen molar-refractivity contribution in [2.75, 3.05) is 6.61 Å². The maximum Gasteiger partial charge on any atom is 0.311 e. The summed E-state index contributed by atoms with van der Waals surface area (Å²) >= 11 is 4.27. The molecule has 1 heterocycles. The molecule has 20 heavy (non-hydrogen) atoms. The first-order chi connectivity index (χ1) is 9.52. The molecule has 0 unspecified atom stereocenters. The largest absolute Gasteiger partial charge is 0.466 e. The Morgan fingerprint density at radius 2 is 2.20 bits per heavy atom. The molecule has 0 atom stereocenters. The summed E-state index contributed by atoms with van der Waals surface area (Å²) in [6, 6.07) is 2.48. The molecule has 0 radical (unpaired) electrons. The normalized spacial score (nSPS) is 10.6. The fourth-order valence-corrected chi connectivity index (χ4v) is 3.05. The summed E-state index contributed by atoms with van der Waals surface area (Å²) in [6.07, 6.45) is 0.0611. The molecule has 1 aromatic carbocycles. The van der Waals surface area contributed by atoms with E-state index in [1.54, 1.807) is 12.3 Å². The third-order valence-electron chi connectivity index (χ3n) is 2.45.